The quantitative estimate of drug-likeness (QED) is 0.946. The molecule has 1 aromatic heterocycles. The second-order valence-electron chi connectivity index (χ2n) is 4.20. The molecule has 0 saturated carbocycles. The zero-order valence-electron chi connectivity index (χ0n) is 10.8. The molecule has 4 nitrogen and oxygen atoms in total. The third kappa shape index (κ3) is 3.05. The molecule has 0 radical (unpaired) electrons. The molecule has 2 aromatic rings. The van der Waals surface area contributed by atoms with Crippen LogP contribution in [0, 0.1) is 24.1 Å². The van der Waals surface area contributed by atoms with Gasteiger partial charge in [-0.1, -0.05) is 0 Å². The van der Waals surface area contributed by atoms with Crippen LogP contribution in [0.3, 0.4) is 0 Å². The van der Waals surface area contributed by atoms with Gasteiger partial charge >= 0.3 is 6.61 Å². The number of pyridine rings is 1. The molecule has 21 heavy (non-hydrogen) atoms. The summed E-state index contributed by atoms with van der Waals surface area (Å²) < 4.78 is 42.3. The Kier molecular flexibility index (Phi) is 3.98. The van der Waals surface area contributed by atoms with Gasteiger partial charge in [0, 0.05) is 22.9 Å². The molecule has 1 aromatic carbocycles. The normalized spacial score (nSPS) is 10.5. The number of ether oxygens (including phenoxy) is 1. The fourth-order valence-electron chi connectivity index (χ4n) is 1.92. The lowest BCUT2D eigenvalue weighted by molar-refractivity contribution is -0.0496. The molecule has 0 unspecified atom stereocenters. The van der Waals surface area contributed by atoms with Crippen molar-refractivity contribution in [3.63, 3.8) is 0 Å². The average molecular weight is 294 g/mol. The maximum Gasteiger partial charge on any atom is 0.387 e. The summed E-state index contributed by atoms with van der Waals surface area (Å²) in [7, 11) is 0. The van der Waals surface area contributed by atoms with E-state index in [0.29, 0.717) is 5.69 Å². The van der Waals surface area contributed by atoms with Gasteiger partial charge in [0.2, 0.25) is 0 Å². The standard InChI is InChI=1S/C14H9F3N2O2/c1-7-4-10(11(6-18)13(20)19-7)9-3-2-8(15)5-12(9)21-14(16)17/h2-5,14H,1H3,(H,19,20). The van der Waals surface area contributed by atoms with Crippen molar-refractivity contribution < 1.29 is 17.9 Å². The van der Waals surface area contributed by atoms with Gasteiger partial charge in [0.25, 0.3) is 5.56 Å². The molecule has 1 N–H and O–H groups in total. The van der Waals surface area contributed by atoms with Crippen molar-refractivity contribution in [3.8, 4) is 22.9 Å². The summed E-state index contributed by atoms with van der Waals surface area (Å²) in [5.74, 6) is -1.21. The van der Waals surface area contributed by atoms with E-state index < -0.39 is 23.7 Å². The maximum absolute atomic E-state index is 13.2. The summed E-state index contributed by atoms with van der Waals surface area (Å²) in [6.07, 6.45) is 0. The summed E-state index contributed by atoms with van der Waals surface area (Å²) in [6.45, 7) is -1.58. The Morgan fingerprint density at radius 1 is 1.29 bits per heavy atom. The van der Waals surface area contributed by atoms with Crippen LogP contribution in [0.4, 0.5) is 13.2 Å². The SMILES string of the molecule is Cc1cc(-c2ccc(F)cc2OC(F)F)c(C#N)c(=O)[nH]1. The van der Waals surface area contributed by atoms with Gasteiger partial charge < -0.3 is 9.72 Å². The molecule has 2 rings (SSSR count). The average Bonchev–Trinajstić information content (AvgIpc) is 2.37. The van der Waals surface area contributed by atoms with Gasteiger partial charge in [-0.3, -0.25) is 4.79 Å². The Labute approximate surface area is 117 Å². The van der Waals surface area contributed by atoms with E-state index in [9.17, 15) is 18.0 Å². The van der Waals surface area contributed by atoms with Crippen molar-refractivity contribution in [2.45, 2.75) is 13.5 Å². The summed E-state index contributed by atoms with van der Waals surface area (Å²) >= 11 is 0. The number of hydrogen-bond donors (Lipinski definition) is 1. The molecule has 0 aliphatic carbocycles. The van der Waals surface area contributed by atoms with Crippen LogP contribution in [-0.4, -0.2) is 11.6 Å². The summed E-state index contributed by atoms with van der Waals surface area (Å²) in [4.78, 5) is 14.2. The van der Waals surface area contributed by atoms with Crippen molar-refractivity contribution in [1.82, 2.24) is 4.98 Å². The molecule has 0 aliphatic heterocycles. The van der Waals surface area contributed by atoms with Crippen molar-refractivity contribution in [3.05, 3.63) is 51.7 Å². The maximum atomic E-state index is 13.2. The zero-order valence-corrected chi connectivity index (χ0v) is 10.8. The van der Waals surface area contributed by atoms with E-state index >= 15 is 0 Å². The number of nitriles is 1. The Balaban J connectivity index is 2.73. The lowest BCUT2D eigenvalue weighted by Crippen LogP contribution is -2.13. The molecule has 0 fully saturated rings. The van der Waals surface area contributed by atoms with Gasteiger partial charge in [0.15, 0.2) is 0 Å². The first-order valence-corrected chi connectivity index (χ1v) is 5.81. The number of aromatic nitrogens is 1. The monoisotopic (exact) mass is 294 g/mol. The number of nitrogens with one attached hydrogen (secondary N) is 1. The van der Waals surface area contributed by atoms with Crippen LogP contribution >= 0.6 is 0 Å². The minimum absolute atomic E-state index is 0.0439. The number of benzene rings is 1. The Bertz CT molecular complexity index is 779. The number of alkyl halides is 2. The summed E-state index contributed by atoms with van der Waals surface area (Å²) in [6, 6.07) is 6.13. The topological polar surface area (TPSA) is 65.9 Å². The molecule has 0 bridgehead atoms. The number of halogens is 3. The predicted octanol–water partition coefficient (Wildman–Crippen LogP) is 2.96. The van der Waals surface area contributed by atoms with Gasteiger partial charge in [-0.15, -0.1) is 0 Å². The van der Waals surface area contributed by atoms with E-state index in [0.717, 1.165) is 12.1 Å². The van der Waals surface area contributed by atoms with Crippen molar-refractivity contribution >= 4 is 0 Å². The molecule has 0 amide bonds. The lowest BCUT2D eigenvalue weighted by Gasteiger charge is -2.12. The number of aromatic amines is 1. The Hall–Kier alpha value is -2.75. The van der Waals surface area contributed by atoms with Crippen molar-refractivity contribution in [2.75, 3.05) is 0 Å². The van der Waals surface area contributed by atoms with E-state index in [1.54, 1.807) is 13.0 Å². The molecular formula is C14H9F3N2O2. The minimum atomic E-state index is -3.15. The highest BCUT2D eigenvalue weighted by Gasteiger charge is 2.17. The number of hydrogen-bond acceptors (Lipinski definition) is 3. The van der Waals surface area contributed by atoms with E-state index in [2.05, 4.69) is 9.72 Å². The first-order chi connectivity index (χ1) is 9.92. The van der Waals surface area contributed by atoms with Gasteiger partial charge in [0.1, 0.15) is 23.2 Å². The van der Waals surface area contributed by atoms with Gasteiger partial charge in [-0.2, -0.15) is 14.0 Å². The van der Waals surface area contributed by atoms with E-state index in [4.69, 9.17) is 5.26 Å². The Morgan fingerprint density at radius 3 is 2.62 bits per heavy atom. The lowest BCUT2D eigenvalue weighted by atomic mass is 10.00. The fourth-order valence-corrected chi connectivity index (χ4v) is 1.92. The molecule has 0 aliphatic rings. The van der Waals surface area contributed by atoms with Crippen LogP contribution in [-0.2, 0) is 0 Å². The van der Waals surface area contributed by atoms with E-state index in [-0.39, 0.29) is 16.7 Å². The molecule has 108 valence electrons. The number of H-pyrrole nitrogens is 1. The van der Waals surface area contributed by atoms with Crippen LogP contribution in [0.1, 0.15) is 11.3 Å². The van der Waals surface area contributed by atoms with E-state index in [1.807, 2.05) is 0 Å². The molecule has 0 atom stereocenters. The van der Waals surface area contributed by atoms with Crippen LogP contribution < -0.4 is 10.3 Å². The van der Waals surface area contributed by atoms with Gasteiger partial charge in [-0.05, 0) is 25.1 Å². The number of rotatable bonds is 3. The Morgan fingerprint density at radius 2 is 2.00 bits per heavy atom. The largest absolute Gasteiger partial charge is 0.434 e. The number of nitrogens with zero attached hydrogens (tertiary/aromatic N) is 1. The van der Waals surface area contributed by atoms with Gasteiger partial charge in [-0.25, -0.2) is 4.39 Å². The van der Waals surface area contributed by atoms with E-state index in [1.165, 1.54) is 12.1 Å². The highest BCUT2D eigenvalue weighted by atomic mass is 19.3. The third-order valence-electron chi connectivity index (χ3n) is 2.73. The molecule has 7 heteroatoms. The molecule has 0 spiro atoms. The molecular weight excluding hydrogens is 285 g/mol. The van der Waals surface area contributed by atoms with Crippen molar-refractivity contribution in [2.24, 2.45) is 0 Å². The van der Waals surface area contributed by atoms with Crippen LogP contribution in [0.5, 0.6) is 5.75 Å². The highest BCUT2D eigenvalue weighted by molar-refractivity contribution is 5.75. The first-order valence-electron chi connectivity index (χ1n) is 5.81. The van der Waals surface area contributed by atoms with Crippen LogP contribution in [0.15, 0.2) is 29.1 Å². The summed E-state index contributed by atoms with van der Waals surface area (Å²) in [5.41, 5.74) is -0.329. The second-order valence-corrected chi connectivity index (χ2v) is 4.20. The summed E-state index contributed by atoms with van der Waals surface area (Å²) in [5, 5.41) is 9.05. The second kappa shape index (κ2) is 5.71. The molecule has 0 saturated heterocycles. The van der Waals surface area contributed by atoms with Crippen LogP contribution in [0.2, 0.25) is 0 Å². The predicted molar refractivity (Wildman–Crippen MR) is 68.5 cm³/mol. The zero-order chi connectivity index (χ0) is 15.6. The van der Waals surface area contributed by atoms with Crippen molar-refractivity contribution in [1.29, 1.82) is 5.26 Å². The minimum Gasteiger partial charge on any atom is -0.434 e. The first kappa shape index (κ1) is 14.7. The highest BCUT2D eigenvalue weighted by Crippen LogP contribution is 2.33. The van der Waals surface area contributed by atoms with Crippen LogP contribution in [0.25, 0.3) is 11.1 Å². The fraction of sp³-hybridized carbons (Fsp3) is 0.143. The molecule has 1 heterocycles. The smallest absolute Gasteiger partial charge is 0.387 e. The number of aryl methyl sites for hydroxylation is 1. The third-order valence-corrected chi connectivity index (χ3v) is 2.73. The van der Waals surface area contributed by atoms with Gasteiger partial charge in [0.05, 0.1) is 0 Å².